The fraction of sp³-hybridized carbons (Fsp3) is 0.200. The summed E-state index contributed by atoms with van der Waals surface area (Å²) in [5.74, 6) is -1.31. The molecule has 30 heavy (non-hydrogen) atoms. The Morgan fingerprint density at radius 2 is 2.07 bits per heavy atom. The minimum Gasteiger partial charge on any atom is -0.333 e. The van der Waals surface area contributed by atoms with Gasteiger partial charge in [0, 0.05) is 30.4 Å². The number of carbonyl (C=O) groups is 4. The maximum absolute atomic E-state index is 12.7. The molecule has 1 atom stereocenters. The quantitative estimate of drug-likeness (QED) is 0.556. The van der Waals surface area contributed by atoms with E-state index in [0.29, 0.717) is 34.3 Å². The Hall–Kier alpha value is -4.08. The van der Waals surface area contributed by atoms with E-state index in [-0.39, 0.29) is 30.6 Å². The van der Waals surface area contributed by atoms with Crippen molar-refractivity contribution in [3.8, 4) is 0 Å². The number of benzene rings is 1. The van der Waals surface area contributed by atoms with Gasteiger partial charge in [-0.25, -0.2) is 4.98 Å². The summed E-state index contributed by atoms with van der Waals surface area (Å²) in [6.45, 7) is 0.237. The zero-order chi connectivity index (χ0) is 20.8. The molecule has 150 valence electrons. The number of hydrogen-bond acceptors (Lipinski definition) is 6. The zero-order valence-corrected chi connectivity index (χ0v) is 15.6. The molecular formula is C20H16N6O4. The first-order chi connectivity index (χ1) is 14.5. The third-order valence-corrected chi connectivity index (χ3v) is 5.28. The fourth-order valence-electron chi connectivity index (χ4n) is 3.81. The zero-order valence-electron chi connectivity index (χ0n) is 15.6. The van der Waals surface area contributed by atoms with Gasteiger partial charge < -0.3 is 15.2 Å². The van der Waals surface area contributed by atoms with Gasteiger partial charge in [0.2, 0.25) is 11.8 Å². The van der Waals surface area contributed by atoms with Crippen LogP contribution in [0, 0.1) is 0 Å². The third-order valence-electron chi connectivity index (χ3n) is 5.28. The van der Waals surface area contributed by atoms with Crippen molar-refractivity contribution in [3.63, 3.8) is 0 Å². The number of pyridine rings is 1. The highest BCUT2D eigenvalue weighted by atomic mass is 16.2. The number of H-pyrrole nitrogens is 1. The van der Waals surface area contributed by atoms with Crippen LogP contribution < -0.4 is 10.6 Å². The van der Waals surface area contributed by atoms with Crippen LogP contribution in [0.15, 0.2) is 36.7 Å². The molecule has 0 radical (unpaired) electrons. The number of amides is 4. The molecule has 0 aliphatic carbocycles. The molecule has 0 bridgehead atoms. The second kappa shape index (κ2) is 6.76. The highest BCUT2D eigenvalue weighted by Crippen LogP contribution is 2.29. The molecule has 3 N–H and O–H groups in total. The Kier molecular flexibility index (Phi) is 4.05. The summed E-state index contributed by atoms with van der Waals surface area (Å²) < 4.78 is 0. The molecule has 1 unspecified atom stereocenters. The van der Waals surface area contributed by atoms with Crippen LogP contribution in [0.2, 0.25) is 0 Å². The Morgan fingerprint density at radius 3 is 2.87 bits per heavy atom. The van der Waals surface area contributed by atoms with Gasteiger partial charge in [0.15, 0.2) is 5.82 Å². The summed E-state index contributed by atoms with van der Waals surface area (Å²) in [5, 5.41) is 5.04. The van der Waals surface area contributed by atoms with Crippen LogP contribution in [-0.2, 0) is 16.1 Å². The van der Waals surface area contributed by atoms with Gasteiger partial charge >= 0.3 is 0 Å². The van der Waals surface area contributed by atoms with E-state index < -0.39 is 17.9 Å². The van der Waals surface area contributed by atoms with Crippen molar-refractivity contribution in [3.05, 3.63) is 53.6 Å². The lowest BCUT2D eigenvalue weighted by molar-refractivity contribution is -0.136. The van der Waals surface area contributed by atoms with Gasteiger partial charge in [-0.15, -0.1) is 0 Å². The number of nitrogens with one attached hydrogen (secondary N) is 3. The van der Waals surface area contributed by atoms with Gasteiger partial charge in [-0.3, -0.25) is 29.5 Å². The minimum absolute atomic E-state index is 0.153. The summed E-state index contributed by atoms with van der Waals surface area (Å²) in [6.07, 6.45) is 3.68. The lowest BCUT2D eigenvalue weighted by atomic mass is 10.0. The van der Waals surface area contributed by atoms with Crippen LogP contribution in [0.3, 0.4) is 0 Å². The Bertz CT molecular complexity index is 1200. The summed E-state index contributed by atoms with van der Waals surface area (Å²) in [6, 6.07) is 5.99. The lowest BCUT2D eigenvalue weighted by Gasteiger charge is -2.29. The number of imidazole rings is 1. The maximum atomic E-state index is 12.7. The van der Waals surface area contributed by atoms with E-state index in [9.17, 15) is 19.2 Å². The first-order valence-electron chi connectivity index (χ1n) is 9.38. The summed E-state index contributed by atoms with van der Waals surface area (Å²) in [5.41, 5.74) is 2.98. The van der Waals surface area contributed by atoms with Crippen molar-refractivity contribution in [1.82, 2.24) is 25.2 Å². The average molecular weight is 404 g/mol. The van der Waals surface area contributed by atoms with Crippen LogP contribution in [0.4, 0.5) is 5.69 Å². The van der Waals surface area contributed by atoms with E-state index in [0.717, 1.165) is 0 Å². The van der Waals surface area contributed by atoms with Gasteiger partial charge in [0.05, 0.1) is 17.2 Å². The molecule has 4 heterocycles. The number of carbonyl (C=O) groups excluding carboxylic acids is 4. The summed E-state index contributed by atoms with van der Waals surface area (Å²) in [4.78, 5) is 61.4. The fourth-order valence-corrected chi connectivity index (χ4v) is 3.81. The monoisotopic (exact) mass is 404 g/mol. The first-order valence-corrected chi connectivity index (χ1v) is 9.38. The average Bonchev–Trinajstić information content (AvgIpc) is 3.29. The molecule has 2 aliphatic heterocycles. The predicted molar refractivity (Wildman–Crippen MR) is 104 cm³/mol. The molecule has 1 aromatic carbocycles. The molecule has 2 aliphatic rings. The van der Waals surface area contributed by atoms with Crippen LogP contribution in [0.25, 0.3) is 11.0 Å². The van der Waals surface area contributed by atoms with Crippen molar-refractivity contribution < 1.29 is 19.2 Å². The van der Waals surface area contributed by atoms with E-state index in [4.69, 9.17) is 0 Å². The number of aromatic amines is 1. The number of piperidine rings is 1. The normalized spacial score (nSPS) is 18.5. The molecular weight excluding hydrogens is 388 g/mol. The van der Waals surface area contributed by atoms with Crippen LogP contribution in [-0.4, -0.2) is 49.5 Å². The number of anilines is 1. The molecule has 1 saturated heterocycles. The Morgan fingerprint density at radius 1 is 1.20 bits per heavy atom. The number of rotatable bonds is 3. The van der Waals surface area contributed by atoms with Gasteiger partial charge in [-0.1, -0.05) is 0 Å². The van der Waals surface area contributed by atoms with E-state index >= 15 is 0 Å². The van der Waals surface area contributed by atoms with E-state index in [1.54, 1.807) is 36.7 Å². The predicted octanol–water partition coefficient (Wildman–Crippen LogP) is 0.971. The first kappa shape index (κ1) is 18.0. The van der Waals surface area contributed by atoms with Crippen molar-refractivity contribution in [1.29, 1.82) is 0 Å². The Balaban J connectivity index is 1.34. The van der Waals surface area contributed by atoms with Gasteiger partial charge in [0.25, 0.3) is 11.8 Å². The number of imide groups is 1. The molecule has 10 heteroatoms. The highest BCUT2D eigenvalue weighted by molar-refractivity contribution is 6.06. The van der Waals surface area contributed by atoms with E-state index in [2.05, 4.69) is 25.6 Å². The second-order valence-corrected chi connectivity index (χ2v) is 7.20. The van der Waals surface area contributed by atoms with E-state index in [1.165, 1.54) is 4.90 Å². The van der Waals surface area contributed by atoms with Crippen LogP contribution in [0.1, 0.15) is 39.4 Å². The van der Waals surface area contributed by atoms with Crippen LogP contribution in [0.5, 0.6) is 0 Å². The molecule has 0 spiro atoms. The molecule has 1 fully saturated rings. The second-order valence-electron chi connectivity index (χ2n) is 7.20. The van der Waals surface area contributed by atoms with Crippen LogP contribution >= 0.6 is 0 Å². The molecule has 5 rings (SSSR count). The molecule has 10 nitrogen and oxygen atoms in total. The van der Waals surface area contributed by atoms with Crippen molar-refractivity contribution in [2.75, 3.05) is 5.32 Å². The molecule has 4 amide bonds. The van der Waals surface area contributed by atoms with Gasteiger partial charge in [-0.05, 0) is 36.2 Å². The number of hydrogen-bond donors (Lipinski definition) is 3. The number of aromatic nitrogens is 3. The molecule has 2 aromatic heterocycles. The van der Waals surface area contributed by atoms with Gasteiger partial charge in [0.1, 0.15) is 6.04 Å². The highest BCUT2D eigenvalue weighted by Gasteiger charge is 2.39. The van der Waals surface area contributed by atoms with E-state index in [1.807, 2.05) is 0 Å². The summed E-state index contributed by atoms with van der Waals surface area (Å²) >= 11 is 0. The van der Waals surface area contributed by atoms with Crippen molar-refractivity contribution in [2.45, 2.75) is 25.4 Å². The minimum atomic E-state index is -0.676. The molecule has 3 aromatic rings. The lowest BCUT2D eigenvalue weighted by Crippen LogP contribution is -2.52. The smallest absolute Gasteiger partial charge is 0.291 e. The third kappa shape index (κ3) is 2.98. The number of nitrogens with zero attached hydrogens (tertiary/aromatic N) is 3. The summed E-state index contributed by atoms with van der Waals surface area (Å²) in [7, 11) is 0. The van der Waals surface area contributed by atoms with Crippen molar-refractivity contribution >= 4 is 40.3 Å². The standard InChI is InChI=1S/C20H16N6O4/c27-16-4-3-15(18(28)25-16)26-9-10-7-11(1-2-12(10)20(26)30)22-19(29)17-23-13-5-6-21-8-14(13)24-17/h1-2,5-8,15H,3-4,9H2,(H,22,29)(H,23,24)(H,25,27,28). The van der Waals surface area contributed by atoms with Gasteiger partial charge in [-0.2, -0.15) is 0 Å². The largest absolute Gasteiger partial charge is 0.333 e. The molecule has 0 saturated carbocycles. The SMILES string of the molecule is O=C1CCC(N2Cc3cc(NC(=O)c4nc5ccncc5[nH]4)ccc3C2=O)C(=O)N1. The number of fused-ring (bicyclic) bond motifs is 2. The Labute approximate surface area is 169 Å². The maximum Gasteiger partial charge on any atom is 0.291 e. The topological polar surface area (TPSA) is 137 Å². The van der Waals surface area contributed by atoms with Crippen molar-refractivity contribution in [2.24, 2.45) is 0 Å².